The molecule has 0 unspecified atom stereocenters. The Morgan fingerprint density at radius 2 is 2.25 bits per heavy atom. The number of Topliss-reactive ketones (excluding diaryl/α,β-unsaturated/α-hetero) is 1. The highest BCUT2D eigenvalue weighted by molar-refractivity contribution is 9.11. The summed E-state index contributed by atoms with van der Waals surface area (Å²) in [5.74, 6) is 0.269. The van der Waals surface area contributed by atoms with E-state index in [2.05, 4.69) is 40.9 Å². The normalized spacial score (nSPS) is 18.3. The summed E-state index contributed by atoms with van der Waals surface area (Å²) in [5.41, 5.74) is 2.13. The van der Waals surface area contributed by atoms with E-state index in [9.17, 15) is 4.79 Å². The largest absolute Gasteiger partial charge is 0.346 e. The molecule has 0 N–H and O–H groups in total. The lowest BCUT2D eigenvalue weighted by Gasteiger charge is -2.29. The summed E-state index contributed by atoms with van der Waals surface area (Å²) in [6.07, 6.45) is 3.59. The summed E-state index contributed by atoms with van der Waals surface area (Å²) in [6.45, 7) is 8.87. The van der Waals surface area contributed by atoms with E-state index >= 15 is 0 Å². The highest BCUT2D eigenvalue weighted by Gasteiger charge is 2.32. The van der Waals surface area contributed by atoms with Crippen molar-refractivity contribution in [3.05, 3.63) is 34.6 Å². The molecule has 0 aromatic carbocycles. The van der Waals surface area contributed by atoms with Crippen LogP contribution < -0.4 is 0 Å². The van der Waals surface area contributed by atoms with Crippen molar-refractivity contribution in [1.29, 1.82) is 0 Å². The van der Waals surface area contributed by atoms with Gasteiger partial charge >= 0.3 is 0 Å². The zero-order valence-electron chi connectivity index (χ0n) is 9.72. The van der Waals surface area contributed by atoms with E-state index in [-0.39, 0.29) is 11.2 Å². The molecule has 3 heteroatoms. The molecule has 0 saturated carbocycles. The summed E-state index contributed by atoms with van der Waals surface area (Å²) in [6, 6.07) is 1.93. The number of carbonyl (C=O) groups is 1. The third-order valence-corrected chi connectivity index (χ3v) is 3.26. The molecule has 2 nitrogen and oxygen atoms in total. The Hall–Kier alpha value is -0.830. The number of halogens is 1. The zero-order valence-corrected chi connectivity index (χ0v) is 11.3. The van der Waals surface area contributed by atoms with Crippen LogP contribution in [0.2, 0.25) is 0 Å². The minimum Gasteiger partial charge on any atom is -0.346 e. The van der Waals surface area contributed by atoms with Crippen molar-refractivity contribution < 1.29 is 4.79 Å². The minimum atomic E-state index is 0.0772. The van der Waals surface area contributed by atoms with Crippen molar-refractivity contribution in [2.24, 2.45) is 5.41 Å². The maximum absolute atomic E-state index is 12.0. The first kappa shape index (κ1) is 11.6. The van der Waals surface area contributed by atoms with Gasteiger partial charge in [0.1, 0.15) is 0 Å². The summed E-state index contributed by atoms with van der Waals surface area (Å²) >= 11 is 3.37. The van der Waals surface area contributed by atoms with E-state index in [4.69, 9.17) is 0 Å². The molecule has 0 radical (unpaired) electrons. The molecular formula is C13H16BrNO. The van der Waals surface area contributed by atoms with Crippen molar-refractivity contribution in [3.63, 3.8) is 0 Å². The van der Waals surface area contributed by atoms with Gasteiger partial charge in [-0.1, -0.05) is 36.4 Å². The monoisotopic (exact) mass is 281 g/mol. The predicted octanol–water partition coefficient (Wildman–Crippen LogP) is 3.55. The zero-order chi connectivity index (χ0) is 11.9. The van der Waals surface area contributed by atoms with Gasteiger partial charge in [-0.25, -0.2) is 0 Å². The van der Waals surface area contributed by atoms with E-state index in [0.29, 0.717) is 6.42 Å². The Labute approximate surface area is 104 Å². The van der Waals surface area contributed by atoms with E-state index < -0.39 is 0 Å². The van der Waals surface area contributed by atoms with Gasteiger partial charge in [-0.15, -0.1) is 0 Å². The molecule has 1 aliphatic rings. The van der Waals surface area contributed by atoms with Gasteiger partial charge < -0.3 is 4.57 Å². The fourth-order valence-electron chi connectivity index (χ4n) is 2.33. The number of aromatic nitrogens is 1. The van der Waals surface area contributed by atoms with Crippen molar-refractivity contribution in [2.45, 2.75) is 33.2 Å². The van der Waals surface area contributed by atoms with Crippen LogP contribution in [0.3, 0.4) is 0 Å². The fraction of sp³-hybridized carbons (Fsp3) is 0.462. The molecule has 1 heterocycles. The van der Waals surface area contributed by atoms with E-state index in [1.54, 1.807) is 0 Å². The first-order chi connectivity index (χ1) is 7.39. The molecule has 86 valence electrons. The second-order valence-corrected chi connectivity index (χ2v) is 6.38. The Morgan fingerprint density at radius 1 is 1.56 bits per heavy atom. The van der Waals surface area contributed by atoms with Crippen LogP contribution in [0.5, 0.6) is 0 Å². The fourth-order valence-corrected chi connectivity index (χ4v) is 2.60. The highest BCUT2D eigenvalue weighted by Crippen LogP contribution is 2.35. The lowest BCUT2D eigenvalue weighted by Crippen LogP contribution is -2.28. The number of hydrogen-bond acceptors (Lipinski definition) is 1. The molecule has 2 rings (SSSR count). The Balaban J connectivity index is 2.41. The number of carbonyl (C=O) groups excluding carboxylic acids is 1. The lowest BCUT2D eigenvalue weighted by atomic mass is 9.76. The highest BCUT2D eigenvalue weighted by atomic mass is 79.9. The average Bonchev–Trinajstić information content (AvgIpc) is 2.45. The Morgan fingerprint density at radius 3 is 2.88 bits per heavy atom. The number of rotatable bonds is 2. The number of nitrogens with zero attached hydrogens (tertiary/aromatic N) is 1. The van der Waals surface area contributed by atoms with E-state index in [1.807, 2.05) is 12.3 Å². The number of hydrogen-bond donors (Lipinski definition) is 0. The Kier molecular flexibility index (Phi) is 2.82. The molecule has 1 aromatic rings. The molecule has 0 spiro atoms. The van der Waals surface area contributed by atoms with Gasteiger partial charge in [0.2, 0.25) is 0 Å². The van der Waals surface area contributed by atoms with Crippen molar-refractivity contribution in [3.8, 4) is 0 Å². The van der Waals surface area contributed by atoms with Crippen LogP contribution in [-0.4, -0.2) is 10.4 Å². The molecule has 0 bridgehead atoms. The van der Waals surface area contributed by atoms with Crippen LogP contribution in [0.25, 0.3) is 0 Å². The van der Waals surface area contributed by atoms with Gasteiger partial charge in [-0.05, 0) is 17.9 Å². The second-order valence-electron chi connectivity index (χ2n) is 5.26. The van der Waals surface area contributed by atoms with Gasteiger partial charge in [0.15, 0.2) is 5.78 Å². The third-order valence-electron chi connectivity index (χ3n) is 3.01. The van der Waals surface area contributed by atoms with Crippen LogP contribution in [0.1, 0.15) is 36.3 Å². The van der Waals surface area contributed by atoms with Gasteiger partial charge in [0.25, 0.3) is 0 Å². The standard InChI is InChI=1S/C13H16BrNO/c1-9(14)8-15-5-4-10-11(15)6-13(2,3)7-12(10)16/h4-5H,1,6-8H2,2-3H3. The topological polar surface area (TPSA) is 22.0 Å². The summed E-state index contributed by atoms with van der Waals surface area (Å²) in [7, 11) is 0. The summed E-state index contributed by atoms with van der Waals surface area (Å²) in [5, 5.41) is 0. The van der Waals surface area contributed by atoms with Crippen LogP contribution in [0.15, 0.2) is 23.3 Å². The second kappa shape index (κ2) is 3.88. The maximum atomic E-state index is 12.0. The average molecular weight is 282 g/mol. The van der Waals surface area contributed by atoms with Gasteiger partial charge in [0.05, 0.1) is 6.54 Å². The molecule has 0 amide bonds. The van der Waals surface area contributed by atoms with Crippen LogP contribution in [0, 0.1) is 5.41 Å². The lowest BCUT2D eigenvalue weighted by molar-refractivity contribution is 0.0910. The number of ketones is 1. The van der Waals surface area contributed by atoms with Crippen molar-refractivity contribution >= 4 is 21.7 Å². The summed E-state index contributed by atoms with van der Waals surface area (Å²) in [4.78, 5) is 12.0. The van der Waals surface area contributed by atoms with E-state index in [0.717, 1.165) is 28.7 Å². The number of fused-ring (bicyclic) bond motifs is 1. The van der Waals surface area contributed by atoms with Crippen LogP contribution >= 0.6 is 15.9 Å². The molecule has 1 aliphatic carbocycles. The van der Waals surface area contributed by atoms with Crippen molar-refractivity contribution in [1.82, 2.24) is 4.57 Å². The quantitative estimate of drug-likeness (QED) is 0.813. The molecule has 16 heavy (non-hydrogen) atoms. The first-order valence-electron chi connectivity index (χ1n) is 5.43. The number of allylic oxidation sites excluding steroid dienone is 1. The minimum absolute atomic E-state index is 0.0772. The van der Waals surface area contributed by atoms with Crippen LogP contribution in [-0.2, 0) is 13.0 Å². The van der Waals surface area contributed by atoms with Crippen LogP contribution in [0.4, 0.5) is 0 Å². The molecule has 0 fully saturated rings. The maximum Gasteiger partial charge on any atom is 0.165 e. The van der Waals surface area contributed by atoms with Gasteiger partial charge in [-0.2, -0.15) is 0 Å². The molecule has 0 atom stereocenters. The molecule has 1 aromatic heterocycles. The van der Waals surface area contributed by atoms with Gasteiger partial charge in [0, 0.05) is 28.4 Å². The summed E-state index contributed by atoms with van der Waals surface area (Å²) < 4.78 is 3.05. The Bertz CT molecular complexity index is 456. The molecular weight excluding hydrogens is 266 g/mol. The third kappa shape index (κ3) is 2.14. The smallest absolute Gasteiger partial charge is 0.165 e. The molecule has 0 saturated heterocycles. The SMILES string of the molecule is C=C(Br)Cn1ccc2c1CC(C)(C)CC2=O. The predicted molar refractivity (Wildman–Crippen MR) is 68.9 cm³/mol. The van der Waals surface area contributed by atoms with Crippen molar-refractivity contribution in [2.75, 3.05) is 0 Å². The van der Waals surface area contributed by atoms with E-state index in [1.165, 1.54) is 0 Å². The first-order valence-corrected chi connectivity index (χ1v) is 6.23. The molecule has 0 aliphatic heterocycles. The van der Waals surface area contributed by atoms with Gasteiger partial charge in [-0.3, -0.25) is 4.79 Å².